The van der Waals surface area contributed by atoms with Gasteiger partial charge in [-0.3, -0.25) is 0 Å². The van der Waals surface area contributed by atoms with Gasteiger partial charge in [-0.15, -0.1) is 0 Å². The minimum Gasteiger partial charge on any atom is -0.595 e. The minimum absolute atomic E-state index is 0. The van der Waals surface area contributed by atoms with Crippen LogP contribution in [0.4, 0.5) is 0 Å². The molecule has 0 aliphatic heterocycles. The maximum atomic E-state index is 9.57. The van der Waals surface area contributed by atoms with Gasteiger partial charge >= 0.3 is 43.4 Å². The third kappa shape index (κ3) is 32.6. The van der Waals surface area contributed by atoms with E-state index in [1.807, 2.05) is 0 Å². The molecular weight excluding hydrogens is 310 g/mol. The first kappa shape index (κ1) is 19.2. The molecule has 0 fully saturated rings. The van der Waals surface area contributed by atoms with Gasteiger partial charge in [0.2, 0.25) is 0 Å². The maximum absolute atomic E-state index is 9.57. The van der Waals surface area contributed by atoms with Crippen LogP contribution in [-0.4, -0.2) is 12.3 Å². The van der Waals surface area contributed by atoms with Crippen molar-refractivity contribution in [2.45, 2.75) is 0 Å². The van der Waals surface area contributed by atoms with Crippen LogP contribution in [0.15, 0.2) is 25.3 Å². The number of hydrogen-bond donors (Lipinski definition) is 0. The molecule has 0 heterocycles. The van der Waals surface area contributed by atoms with Crippen molar-refractivity contribution in [3.05, 3.63) is 25.3 Å². The third-order valence-electron chi connectivity index (χ3n) is 0.556. The van der Waals surface area contributed by atoms with E-state index < -0.39 is 16.1 Å². The molecule has 0 bridgehead atoms. The van der Waals surface area contributed by atoms with Crippen LogP contribution in [0.2, 0.25) is 0 Å². The van der Waals surface area contributed by atoms with Crippen LogP contribution in [0, 0.1) is 0 Å². The molecule has 0 aromatic heterocycles. The summed E-state index contributed by atoms with van der Waals surface area (Å²) in [6.07, 6.45) is 2.89. The van der Waals surface area contributed by atoms with Crippen LogP contribution >= 0.6 is 16.1 Å². The molecule has 2 unspecified atom stereocenters. The molecule has 13 heavy (non-hydrogen) atoms. The topological polar surface area (TPSA) is 80.3 Å². The van der Waals surface area contributed by atoms with Gasteiger partial charge in [0, 0.05) is 0 Å². The van der Waals surface area contributed by atoms with E-state index in [9.17, 15) is 18.9 Å². The van der Waals surface area contributed by atoms with E-state index in [-0.39, 0.29) is 39.6 Å². The van der Waals surface area contributed by atoms with Crippen LogP contribution < -0.4 is 9.79 Å². The van der Waals surface area contributed by atoms with E-state index in [2.05, 4.69) is 13.2 Å². The van der Waals surface area contributed by atoms with E-state index >= 15 is 0 Å². The summed E-state index contributed by atoms with van der Waals surface area (Å²) in [4.78, 5) is 19.1. The quantitative estimate of drug-likeness (QED) is 0.430. The molecule has 0 rings (SSSR count). The molecule has 0 aliphatic rings. The van der Waals surface area contributed by atoms with Gasteiger partial charge < -0.3 is 9.79 Å². The molecule has 0 aromatic carbocycles. The second-order valence-corrected chi connectivity index (χ2v) is 3.67. The largest absolute Gasteiger partial charge is 2.00 e. The molecule has 7 heteroatoms. The predicted molar refractivity (Wildman–Crippen MR) is 45.3 cm³/mol. The Labute approximate surface area is 99.6 Å². The standard InChI is InChI=1S/2C3H5O2P.Cd/c2*1-2-3-6(4)5;/h2*2H,1,3H2;/q;;+2. The molecule has 0 N–H and O–H groups in total. The summed E-state index contributed by atoms with van der Waals surface area (Å²) < 4.78 is 19.1. The van der Waals surface area contributed by atoms with Crippen molar-refractivity contribution in [3.63, 3.8) is 0 Å². The van der Waals surface area contributed by atoms with E-state index in [0.717, 1.165) is 0 Å². The Morgan fingerprint density at radius 2 is 1.23 bits per heavy atom. The zero-order chi connectivity index (χ0) is 9.98. The van der Waals surface area contributed by atoms with Crippen LogP contribution in [-0.2, 0) is 36.4 Å². The molecule has 68 valence electrons. The fourth-order valence-corrected chi connectivity index (χ4v) is 0.632. The van der Waals surface area contributed by atoms with Gasteiger partial charge in [0.25, 0.3) is 0 Å². The van der Waals surface area contributed by atoms with E-state index in [0.29, 0.717) is 0 Å². The average molecular weight is 321 g/mol. The van der Waals surface area contributed by atoms with Crippen molar-refractivity contribution >= 4 is 16.1 Å². The first-order valence-corrected chi connectivity index (χ1v) is 5.72. The summed E-state index contributed by atoms with van der Waals surface area (Å²) in [7, 11) is -4.44. The second-order valence-electron chi connectivity index (χ2n) is 1.61. The van der Waals surface area contributed by atoms with Gasteiger partial charge in [-0.05, 0) is 12.2 Å². The van der Waals surface area contributed by atoms with E-state index in [4.69, 9.17) is 0 Å². The fourth-order valence-electron chi connectivity index (χ4n) is 0.211. The molecular formula is C6H10CdO4P2+2. The van der Waals surface area contributed by atoms with Crippen LogP contribution in [0.25, 0.3) is 0 Å². The Hall–Kier alpha value is 0.522. The minimum atomic E-state index is -2.22. The van der Waals surface area contributed by atoms with Gasteiger partial charge in [-0.2, -0.15) is 0 Å². The summed E-state index contributed by atoms with van der Waals surface area (Å²) >= 11 is 0. The normalized spacial score (nSPS) is 9.69. The Kier molecular flexibility index (Phi) is 22.1. The molecule has 0 aromatic rings. The van der Waals surface area contributed by atoms with Crippen molar-refractivity contribution < 1.29 is 46.2 Å². The summed E-state index contributed by atoms with van der Waals surface area (Å²) in [5.41, 5.74) is 0. The first-order valence-electron chi connectivity index (χ1n) is 3.00. The van der Waals surface area contributed by atoms with Crippen molar-refractivity contribution in [1.82, 2.24) is 0 Å². The van der Waals surface area contributed by atoms with Crippen LogP contribution in [0.5, 0.6) is 0 Å². The molecule has 0 saturated heterocycles. The summed E-state index contributed by atoms with van der Waals surface area (Å²) in [6, 6.07) is 0. The molecule has 0 saturated carbocycles. The van der Waals surface area contributed by atoms with Crippen molar-refractivity contribution in [2.75, 3.05) is 12.3 Å². The Morgan fingerprint density at radius 3 is 1.23 bits per heavy atom. The Balaban J connectivity index is -0.000000143. The summed E-state index contributed by atoms with van der Waals surface area (Å²) in [5, 5.41) is 0. The van der Waals surface area contributed by atoms with Gasteiger partial charge in [0.05, 0.1) is 0 Å². The Morgan fingerprint density at radius 1 is 1.00 bits per heavy atom. The molecule has 0 amide bonds. The molecule has 2 atom stereocenters. The van der Waals surface area contributed by atoms with Crippen LogP contribution in [0.1, 0.15) is 0 Å². The summed E-state index contributed by atoms with van der Waals surface area (Å²) in [6.45, 7) is 6.43. The number of hydrogen-bond acceptors (Lipinski definition) is 4. The first-order chi connectivity index (χ1) is 5.54. The summed E-state index contributed by atoms with van der Waals surface area (Å²) in [5.74, 6) is 0. The zero-order valence-electron chi connectivity index (χ0n) is 7.22. The average Bonchev–Trinajstić information content (AvgIpc) is 1.87. The Bertz CT molecular complexity index is 163. The molecule has 0 radical (unpaired) electrons. The molecule has 4 nitrogen and oxygen atoms in total. The fraction of sp³-hybridized carbons (Fsp3) is 0.333. The smallest absolute Gasteiger partial charge is 0.595 e. The van der Waals surface area contributed by atoms with Gasteiger partial charge in [0.15, 0.2) is 12.3 Å². The van der Waals surface area contributed by atoms with Gasteiger partial charge in [0.1, 0.15) is 0 Å². The SMILES string of the molecule is C=CC[P+](=O)[O-].C=CC[P+](=O)[O-].[Cd+2]. The number of rotatable bonds is 4. The van der Waals surface area contributed by atoms with E-state index in [1.54, 1.807) is 0 Å². The van der Waals surface area contributed by atoms with Crippen LogP contribution in [0.3, 0.4) is 0 Å². The van der Waals surface area contributed by atoms with Gasteiger partial charge in [-0.1, -0.05) is 22.3 Å². The van der Waals surface area contributed by atoms with Crippen molar-refractivity contribution in [1.29, 1.82) is 0 Å². The maximum Gasteiger partial charge on any atom is 2.00 e. The van der Waals surface area contributed by atoms with Crippen molar-refractivity contribution in [2.24, 2.45) is 0 Å². The second kappa shape index (κ2) is 15.0. The van der Waals surface area contributed by atoms with Crippen molar-refractivity contribution in [3.8, 4) is 0 Å². The molecule has 0 aliphatic carbocycles. The third-order valence-corrected chi connectivity index (χ3v) is 1.67. The zero-order valence-corrected chi connectivity index (χ0v) is 13.0. The number of allylic oxidation sites excluding steroid dienone is 2. The monoisotopic (exact) mass is 322 g/mol. The van der Waals surface area contributed by atoms with E-state index in [1.165, 1.54) is 12.2 Å². The molecule has 0 spiro atoms. The van der Waals surface area contributed by atoms with Gasteiger partial charge in [-0.25, -0.2) is 0 Å². The predicted octanol–water partition coefficient (Wildman–Crippen LogP) is 0.548.